The topological polar surface area (TPSA) is 47.6 Å². The normalized spacial score (nSPS) is 15.9. The van der Waals surface area contributed by atoms with E-state index in [1.54, 1.807) is 7.11 Å². The van der Waals surface area contributed by atoms with Crippen LogP contribution in [0.5, 0.6) is 11.5 Å². The van der Waals surface area contributed by atoms with Crippen molar-refractivity contribution in [3.63, 3.8) is 0 Å². The van der Waals surface area contributed by atoms with Gasteiger partial charge in [0.05, 0.1) is 13.7 Å². The fourth-order valence-electron chi connectivity index (χ4n) is 1.68. The van der Waals surface area contributed by atoms with Gasteiger partial charge in [0.25, 0.3) is 0 Å². The van der Waals surface area contributed by atoms with Gasteiger partial charge in [0, 0.05) is 12.0 Å². The molecule has 0 saturated heterocycles. The first-order valence-corrected chi connectivity index (χ1v) is 6.27. The molecule has 2 rings (SSSR count). The Kier molecular flexibility index (Phi) is 4.07. The number of methoxy groups -OCH3 is 1. The molecule has 1 unspecified atom stereocenters. The summed E-state index contributed by atoms with van der Waals surface area (Å²) in [4.78, 5) is 11.5. The maximum Gasteiger partial charge on any atom is 0.223 e. The van der Waals surface area contributed by atoms with Crippen molar-refractivity contribution in [3.8, 4) is 11.5 Å². The molecule has 1 fully saturated rings. The molecule has 0 heterocycles. The molecule has 0 aliphatic heterocycles. The maximum atomic E-state index is 11.5. The number of rotatable bonds is 6. The summed E-state index contributed by atoms with van der Waals surface area (Å²) in [6, 6.07) is 7.46. The average molecular weight is 249 g/mol. The smallest absolute Gasteiger partial charge is 0.223 e. The highest BCUT2D eigenvalue weighted by atomic mass is 16.5. The number of carbonyl (C=O) groups excluding carboxylic acids is 1. The molecule has 1 atom stereocenters. The van der Waals surface area contributed by atoms with Crippen LogP contribution in [-0.2, 0) is 4.79 Å². The molecule has 1 saturated carbocycles. The molecule has 1 aromatic carbocycles. The quantitative estimate of drug-likeness (QED) is 0.838. The van der Waals surface area contributed by atoms with E-state index >= 15 is 0 Å². The van der Waals surface area contributed by atoms with E-state index in [-0.39, 0.29) is 17.9 Å². The molecule has 4 heteroatoms. The van der Waals surface area contributed by atoms with E-state index in [1.807, 2.05) is 31.2 Å². The molecule has 0 radical (unpaired) electrons. The Morgan fingerprint density at radius 3 is 2.83 bits per heavy atom. The first-order valence-electron chi connectivity index (χ1n) is 6.27. The van der Waals surface area contributed by atoms with Crippen LogP contribution in [0.25, 0.3) is 0 Å². The van der Waals surface area contributed by atoms with Gasteiger partial charge in [-0.2, -0.15) is 0 Å². The molecule has 1 amide bonds. The third kappa shape index (κ3) is 3.65. The van der Waals surface area contributed by atoms with Crippen molar-refractivity contribution in [2.75, 3.05) is 13.7 Å². The minimum absolute atomic E-state index is 0.0557. The molecular weight excluding hydrogens is 230 g/mol. The Hall–Kier alpha value is -1.71. The Morgan fingerprint density at radius 1 is 1.44 bits per heavy atom. The van der Waals surface area contributed by atoms with Gasteiger partial charge < -0.3 is 14.8 Å². The summed E-state index contributed by atoms with van der Waals surface area (Å²) in [5.74, 6) is 1.91. The number of benzene rings is 1. The van der Waals surface area contributed by atoms with Crippen LogP contribution in [0.2, 0.25) is 0 Å². The Morgan fingerprint density at radius 2 is 2.17 bits per heavy atom. The summed E-state index contributed by atoms with van der Waals surface area (Å²) < 4.78 is 10.8. The van der Waals surface area contributed by atoms with E-state index in [9.17, 15) is 4.79 Å². The number of nitrogens with one attached hydrogen (secondary N) is 1. The lowest BCUT2D eigenvalue weighted by atomic mass is 10.3. The van der Waals surface area contributed by atoms with Crippen LogP contribution < -0.4 is 14.8 Å². The van der Waals surface area contributed by atoms with Gasteiger partial charge in [-0.1, -0.05) is 6.07 Å². The van der Waals surface area contributed by atoms with Gasteiger partial charge in [0.1, 0.15) is 17.6 Å². The van der Waals surface area contributed by atoms with Crippen LogP contribution in [0, 0.1) is 5.92 Å². The highest BCUT2D eigenvalue weighted by Gasteiger charge is 2.29. The van der Waals surface area contributed by atoms with Crippen LogP contribution in [-0.4, -0.2) is 25.7 Å². The van der Waals surface area contributed by atoms with Crippen LogP contribution in [0.1, 0.15) is 19.8 Å². The van der Waals surface area contributed by atoms with Crippen molar-refractivity contribution < 1.29 is 14.3 Å². The molecule has 4 nitrogen and oxygen atoms in total. The van der Waals surface area contributed by atoms with E-state index in [4.69, 9.17) is 9.47 Å². The van der Waals surface area contributed by atoms with Gasteiger partial charge in [-0.3, -0.25) is 4.79 Å². The Balaban J connectivity index is 1.78. The van der Waals surface area contributed by atoms with E-state index in [0.717, 1.165) is 24.3 Å². The minimum atomic E-state index is -0.0557. The molecule has 1 aliphatic carbocycles. The van der Waals surface area contributed by atoms with Crippen molar-refractivity contribution >= 4 is 5.91 Å². The van der Waals surface area contributed by atoms with Gasteiger partial charge >= 0.3 is 0 Å². The molecular formula is C14H19NO3. The summed E-state index contributed by atoms with van der Waals surface area (Å²) in [6.07, 6.45) is 1.99. The zero-order valence-electron chi connectivity index (χ0n) is 10.8. The van der Waals surface area contributed by atoms with Crippen molar-refractivity contribution in [2.24, 2.45) is 5.92 Å². The first kappa shape index (κ1) is 12.7. The summed E-state index contributed by atoms with van der Waals surface area (Å²) in [5, 5.41) is 2.90. The van der Waals surface area contributed by atoms with E-state index < -0.39 is 0 Å². The monoisotopic (exact) mass is 249 g/mol. The average Bonchev–Trinajstić information content (AvgIpc) is 3.20. The van der Waals surface area contributed by atoms with Crippen molar-refractivity contribution in [3.05, 3.63) is 24.3 Å². The van der Waals surface area contributed by atoms with Crippen molar-refractivity contribution in [1.82, 2.24) is 5.32 Å². The number of hydrogen-bond donors (Lipinski definition) is 1. The second-order valence-corrected chi connectivity index (χ2v) is 4.63. The van der Waals surface area contributed by atoms with Crippen LogP contribution in [0.4, 0.5) is 0 Å². The van der Waals surface area contributed by atoms with Crippen LogP contribution >= 0.6 is 0 Å². The largest absolute Gasteiger partial charge is 0.497 e. The van der Waals surface area contributed by atoms with Gasteiger partial charge in [-0.25, -0.2) is 0 Å². The van der Waals surface area contributed by atoms with Gasteiger partial charge in [0.2, 0.25) is 5.91 Å². The maximum absolute atomic E-state index is 11.5. The number of carbonyl (C=O) groups is 1. The second kappa shape index (κ2) is 5.76. The van der Waals surface area contributed by atoms with Crippen molar-refractivity contribution in [1.29, 1.82) is 0 Å². The van der Waals surface area contributed by atoms with Gasteiger partial charge in [-0.15, -0.1) is 0 Å². The summed E-state index contributed by atoms with van der Waals surface area (Å²) >= 11 is 0. The fraction of sp³-hybridized carbons (Fsp3) is 0.500. The lowest BCUT2D eigenvalue weighted by Crippen LogP contribution is -2.34. The van der Waals surface area contributed by atoms with E-state index in [0.29, 0.717) is 6.54 Å². The van der Waals surface area contributed by atoms with Gasteiger partial charge in [-0.05, 0) is 31.9 Å². The molecule has 1 aliphatic rings. The summed E-state index contributed by atoms with van der Waals surface area (Å²) in [6.45, 7) is 2.47. The highest BCUT2D eigenvalue weighted by molar-refractivity contribution is 5.80. The third-order valence-electron chi connectivity index (χ3n) is 2.89. The predicted molar refractivity (Wildman–Crippen MR) is 68.8 cm³/mol. The molecule has 0 bridgehead atoms. The summed E-state index contributed by atoms with van der Waals surface area (Å²) in [5.41, 5.74) is 0. The zero-order chi connectivity index (χ0) is 13.0. The van der Waals surface area contributed by atoms with Gasteiger partial charge in [0.15, 0.2) is 0 Å². The fourth-order valence-corrected chi connectivity index (χ4v) is 1.68. The molecule has 1 N–H and O–H groups in total. The number of ether oxygens (including phenoxy) is 2. The lowest BCUT2D eigenvalue weighted by Gasteiger charge is -2.15. The lowest BCUT2D eigenvalue weighted by molar-refractivity contribution is -0.122. The number of amides is 1. The Labute approximate surface area is 107 Å². The van der Waals surface area contributed by atoms with Crippen molar-refractivity contribution in [2.45, 2.75) is 25.9 Å². The zero-order valence-corrected chi connectivity index (χ0v) is 10.8. The van der Waals surface area contributed by atoms with Crippen LogP contribution in [0.15, 0.2) is 24.3 Å². The number of hydrogen-bond acceptors (Lipinski definition) is 3. The molecule has 0 spiro atoms. The third-order valence-corrected chi connectivity index (χ3v) is 2.89. The second-order valence-electron chi connectivity index (χ2n) is 4.63. The molecule has 18 heavy (non-hydrogen) atoms. The molecule has 0 aromatic heterocycles. The summed E-state index contributed by atoms with van der Waals surface area (Å²) in [7, 11) is 1.62. The Bertz CT molecular complexity index is 415. The SMILES string of the molecule is COc1cccc(OC(C)CNC(=O)C2CC2)c1. The van der Waals surface area contributed by atoms with E-state index in [2.05, 4.69) is 5.32 Å². The highest BCUT2D eigenvalue weighted by Crippen LogP contribution is 2.28. The van der Waals surface area contributed by atoms with Crippen LogP contribution in [0.3, 0.4) is 0 Å². The predicted octanol–water partition coefficient (Wildman–Crippen LogP) is 1.99. The first-order chi connectivity index (χ1) is 8.69. The van der Waals surface area contributed by atoms with E-state index in [1.165, 1.54) is 0 Å². The minimum Gasteiger partial charge on any atom is -0.497 e. The standard InChI is InChI=1S/C14H19NO3/c1-10(9-15-14(16)11-6-7-11)18-13-5-3-4-12(8-13)17-2/h3-5,8,10-11H,6-7,9H2,1-2H3,(H,15,16). The molecule has 98 valence electrons. The molecule has 1 aromatic rings.